The zero-order valence-corrected chi connectivity index (χ0v) is 7.09. The molecule has 0 fully saturated rings. The molecule has 0 unspecified atom stereocenters. The fourth-order valence-electron chi connectivity index (χ4n) is 1.10. The van der Waals surface area contributed by atoms with Crippen molar-refractivity contribution in [3.8, 4) is 0 Å². The number of aliphatic imine (C=N–C) groups is 1. The van der Waals surface area contributed by atoms with Crippen molar-refractivity contribution < 1.29 is 0 Å². The third-order valence-electron chi connectivity index (χ3n) is 1.64. The molecule has 58 valence electrons. The average Bonchev–Trinajstić information content (AvgIpc) is 1.97. The van der Waals surface area contributed by atoms with Crippen LogP contribution in [0.25, 0.3) is 0 Å². The summed E-state index contributed by atoms with van der Waals surface area (Å²) < 4.78 is 0. The topological polar surface area (TPSA) is 12.4 Å². The van der Waals surface area contributed by atoms with Crippen LogP contribution in [0, 0.1) is 0 Å². The number of nitrogens with zero attached hydrogens (tertiary/aromatic N) is 1. The van der Waals surface area contributed by atoms with Crippen LogP contribution >= 0.6 is 0 Å². The zero-order chi connectivity index (χ0) is 8.27. The summed E-state index contributed by atoms with van der Waals surface area (Å²) in [7, 11) is 0. The van der Waals surface area contributed by atoms with Gasteiger partial charge in [0.2, 0.25) is 0 Å². The van der Waals surface area contributed by atoms with E-state index in [1.807, 2.05) is 19.1 Å². The fourth-order valence-corrected chi connectivity index (χ4v) is 1.10. The number of allylic oxidation sites excluding steroid dienone is 5. The Bertz CT molecular complexity index is 254. The maximum Gasteiger partial charge on any atom is 0.0669 e. The fraction of sp³-hybridized carbons (Fsp3) is 0.300. The van der Waals surface area contributed by atoms with E-state index in [0.717, 1.165) is 17.8 Å². The molecule has 0 radical (unpaired) electrons. The Morgan fingerprint density at radius 3 is 2.82 bits per heavy atom. The van der Waals surface area contributed by atoms with Crippen molar-refractivity contribution >= 4 is 5.71 Å². The van der Waals surface area contributed by atoms with Gasteiger partial charge in [0.1, 0.15) is 0 Å². The van der Waals surface area contributed by atoms with Crippen molar-refractivity contribution in [2.24, 2.45) is 4.99 Å². The minimum atomic E-state index is 0.827. The van der Waals surface area contributed by atoms with Crippen LogP contribution in [-0.4, -0.2) is 12.3 Å². The van der Waals surface area contributed by atoms with Gasteiger partial charge in [0.25, 0.3) is 0 Å². The van der Waals surface area contributed by atoms with Gasteiger partial charge in [-0.2, -0.15) is 0 Å². The molecule has 0 aromatic carbocycles. The van der Waals surface area contributed by atoms with Crippen molar-refractivity contribution in [2.75, 3.05) is 6.54 Å². The number of rotatable bonds is 1. The molecule has 0 saturated carbocycles. The lowest BCUT2D eigenvalue weighted by Gasteiger charge is -2.09. The molecule has 0 amide bonds. The van der Waals surface area contributed by atoms with Crippen molar-refractivity contribution in [3.05, 3.63) is 36.0 Å². The van der Waals surface area contributed by atoms with Gasteiger partial charge in [-0.15, -0.1) is 0 Å². The molecule has 11 heavy (non-hydrogen) atoms. The molecule has 0 bridgehead atoms. The van der Waals surface area contributed by atoms with Crippen molar-refractivity contribution in [1.82, 2.24) is 0 Å². The van der Waals surface area contributed by atoms with E-state index in [4.69, 9.17) is 0 Å². The molecule has 0 atom stereocenters. The highest BCUT2D eigenvalue weighted by atomic mass is 14.7. The lowest BCUT2D eigenvalue weighted by Crippen LogP contribution is -2.05. The van der Waals surface area contributed by atoms with Gasteiger partial charge in [-0.05, 0) is 25.0 Å². The van der Waals surface area contributed by atoms with Crippen LogP contribution in [0.15, 0.2) is 40.9 Å². The molecule has 0 aromatic heterocycles. The van der Waals surface area contributed by atoms with Crippen LogP contribution in [0.2, 0.25) is 0 Å². The minimum absolute atomic E-state index is 0.827. The highest BCUT2D eigenvalue weighted by molar-refractivity contribution is 6.14. The first kappa shape index (κ1) is 7.99. The quantitative estimate of drug-likeness (QED) is 0.540. The molecular formula is C10H13N. The molecule has 1 rings (SSSR count). The molecule has 0 aromatic rings. The molecule has 1 heteroatoms. The van der Waals surface area contributed by atoms with E-state index in [1.165, 1.54) is 5.57 Å². The second-order valence-corrected chi connectivity index (χ2v) is 2.56. The van der Waals surface area contributed by atoms with Gasteiger partial charge in [0.15, 0.2) is 0 Å². The number of hydrogen-bond acceptors (Lipinski definition) is 1. The molecule has 1 nitrogen and oxygen atoms in total. The SMILES string of the molecule is C=C1C=CC=C(C)C1=NCC. The summed E-state index contributed by atoms with van der Waals surface area (Å²) >= 11 is 0. The van der Waals surface area contributed by atoms with E-state index >= 15 is 0 Å². The van der Waals surface area contributed by atoms with Crippen LogP contribution < -0.4 is 0 Å². The first-order chi connectivity index (χ1) is 5.25. The van der Waals surface area contributed by atoms with Gasteiger partial charge in [-0.25, -0.2) is 0 Å². The van der Waals surface area contributed by atoms with E-state index in [1.54, 1.807) is 0 Å². The summed E-state index contributed by atoms with van der Waals surface area (Å²) in [6, 6.07) is 0. The van der Waals surface area contributed by atoms with Gasteiger partial charge in [-0.1, -0.05) is 24.8 Å². The Balaban J connectivity index is 2.96. The Hall–Kier alpha value is -1.11. The molecule has 0 N–H and O–H groups in total. The van der Waals surface area contributed by atoms with E-state index in [2.05, 4.69) is 24.6 Å². The van der Waals surface area contributed by atoms with Crippen molar-refractivity contribution in [1.29, 1.82) is 0 Å². The summed E-state index contributed by atoms with van der Waals surface area (Å²) in [4.78, 5) is 4.34. The monoisotopic (exact) mass is 147 g/mol. The van der Waals surface area contributed by atoms with Gasteiger partial charge >= 0.3 is 0 Å². The molecule has 0 aliphatic heterocycles. The Kier molecular flexibility index (Phi) is 2.42. The van der Waals surface area contributed by atoms with Crippen molar-refractivity contribution in [2.45, 2.75) is 13.8 Å². The normalized spacial score (nSPS) is 20.7. The zero-order valence-electron chi connectivity index (χ0n) is 7.09. The smallest absolute Gasteiger partial charge is 0.0669 e. The van der Waals surface area contributed by atoms with Crippen LogP contribution in [0.5, 0.6) is 0 Å². The van der Waals surface area contributed by atoms with Gasteiger partial charge < -0.3 is 0 Å². The highest BCUT2D eigenvalue weighted by Gasteiger charge is 2.05. The van der Waals surface area contributed by atoms with Gasteiger partial charge in [0, 0.05) is 6.54 Å². The van der Waals surface area contributed by atoms with Gasteiger partial charge in [-0.3, -0.25) is 4.99 Å². The lowest BCUT2D eigenvalue weighted by atomic mass is 10.00. The predicted molar refractivity (Wildman–Crippen MR) is 50.0 cm³/mol. The minimum Gasteiger partial charge on any atom is -0.285 e. The third kappa shape index (κ3) is 1.67. The van der Waals surface area contributed by atoms with Crippen LogP contribution in [0.1, 0.15) is 13.8 Å². The lowest BCUT2D eigenvalue weighted by molar-refractivity contribution is 1.13. The van der Waals surface area contributed by atoms with Crippen LogP contribution in [0.3, 0.4) is 0 Å². The maximum atomic E-state index is 4.34. The summed E-state index contributed by atoms with van der Waals surface area (Å²) in [6.07, 6.45) is 6.05. The van der Waals surface area contributed by atoms with E-state index in [-0.39, 0.29) is 0 Å². The standard InChI is InChI=1S/C10H13N/c1-4-11-10-8(2)6-5-7-9(10)3/h5-7H,2,4H2,1,3H3. The molecule has 0 spiro atoms. The Morgan fingerprint density at radius 2 is 2.27 bits per heavy atom. The maximum absolute atomic E-state index is 4.34. The van der Waals surface area contributed by atoms with E-state index in [9.17, 15) is 0 Å². The Labute approximate surface area is 67.8 Å². The summed E-state index contributed by atoms with van der Waals surface area (Å²) in [5, 5.41) is 0. The number of hydrogen-bond donors (Lipinski definition) is 0. The first-order valence-electron chi connectivity index (χ1n) is 3.84. The predicted octanol–water partition coefficient (Wildman–Crippen LogP) is 2.52. The highest BCUT2D eigenvalue weighted by Crippen LogP contribution is 2.12. The van der Waals surface area contributed by atoms with E-state index < -0.39 is 0 Å². The first-order valence-corrected chi connectivity index (χ1v) is 3.84. The summed E-state index contributed by atoms with van der Waals surface area (Å²) in [6.45, 7) is 8.83. The van der Waals surface area contributed by atoms with Crippen molar-refractivity contribution in [3.63, 3.8) is 0 Å². The van der Waals surface area contributed by atoms with E-state index in [0.29, 0.717) is 0 Å². The molecule has 1 aliphatic carbocycles. The Morgan fingerprint density at radius 1 is 1.55 bits per heavy atom. The van der Waals surface area contributed by atoms with Gasteiger partial charge in [0.05, 0.1) is 5.71 Å². The van der Waals surface area contributed by atoms with Crippen LogP contribution in [-0.2, 0) is 0 Å². The molecule has 1 aliphatic rings. The summed E-state index contributed by atoms with van der Waals surface area (Å²) in [5.74, 6) is 0. The molecular weight excluding hydrogens is 134 g/mol. The summed E-state index contributed by atoms with van der Waals surface area (Å²) in [5.41, 5.74) is 3.28. The largest absolute Gasteiger partial charge is 0.285 e. The molecule has 0 heterocycles. The average molecular weight is 147 g/mol. The second kappa shape index (κ2) is 3.33. The third-order valence-corrected chi connectivity index (χ3v) is 1.64. The molecule has 0 saturated heterocycles. The second-order valence-electron chi connectivity index (χ2n) is 2.56. The van der Waals surface area contributed by atoms with Crippen LogP contribution in [0.4, 0.5) is 0 Å².